The van der Waals surface area contributed by atoms with Gasteiger partial charge in [0.2, 0.25) is 0 Å². The van der Waals surface area contributed by atoms with Crippen molar-refractivity contribution in [2.75, 3.05) is 26.3 Å². The number of ether oxygens (including phenoxy) is 2. The first-order valence-corrected chi connectivity index (χ1v) is 9.42. The Kier molecular flexibility index (Phi) is 6.10. The number of carbonyl (C=O) groups is 1. The number of amides is 1. The van der Waals surface area contributed by atoms with Crippen molar-refractivity contribution in [3.63, 3.8) is 0 Å². The number of nitrogens with two attached hydrogens (primary N) is 1. The Balaban J connectivity index is 0.00000225. The first kappa shape index (κ1) is 20.4. The maximum Gasteiger partial charge on any atom is 0.276 e. The molecule has 2 unspecified atom stereocenters. The number of halogens is 1. The van der Waals surface area contributed by atoms with Crippen LogP contribution in [0.15, 0.2) is 18.2 Å². The lowest BCUT2D eigenvalue weighted by molar-refractivity contribution is 0.0654. The van der Waals surface area contributed by atoms with Crippen LogP contribution in [0.3, 0.4) is 0 Å². The molecule has 2 aromatic rings. The zero-order chi connectivity index (χ0) is 19.0. The molecule has 2 N–H and O–H groups in total. The molecular formula is C19H26ClN5O3. The molecule has 0 radical (unpaired) electrons. The molecule has 4 rings (SSSR count). The SMILES string of the molecule is Cc1c(C(=O)N2CCCC(C(C)N)C2)nnn1-c1ccc2c(c1)OCCO2.Cl. The molecule has 2 aliphatic heterocycles. The van der Waals surface area contributed by atoms with Gasteiger partial charge >= 0.3 is 0 Å². The summed E-state index contributed by atoms with van der Waals surface area (Å²) in [6.07, 6.45) is 2.03. The molecule has 0 aliphatic carbocycles. The van der Waals surface area contributed by atoms with Crippen molar-refractivity contribution >= 4 is 18.3 Å². The van der Waals surface area contributed by atoms with Crippen LogP contribution >= 0.6 is 12.4 Å². The van der Waals surface area contributed by atoms with E-state index in [1.807, 2.05) is 36.9 Å². The second-order valence-corrected chi connectivity index (χ2v) is 7.28. The van der Waals surface area contributed by atoms with Gasteiger partial charge in [0.1, 0.15) is 13.2 Å². The Hall–Kier alpha value is -2.32. The topological polar surface area (TPSA) is 95.5 Å². The van der Waals surface area contributed by atoms with E-state index in [1.165, 1.54) is 0 Å². The van der Waals surface area contributed by atoms with Gasteiger partial charge in [0, 0.05) is 25.2 Å². The van der Waals surface area contributed by atoms with Crippen molar-refractivity contribution in [1.82, 2.24) is 19.9 Å². The number of likely N-dealkylation sites (tertiary alicyclic amines) is 1. The van der Waals surface area contributed by atoms with Gasteiger partial charge in [0.05, 0.1) is 11.4 Å². The van der Waals surface area contributed by atoms with Crippen LogP contribution in [0.25, 0.3) is 5.69 Å². The van der Waals surface area contributed by atoms with Gasteiger partial charge in [-0.3, -0.25) is 4.79 Å². The highest BCUT2D eigenvalue weighted by molar-refractivity contribution is 5.93. The summed E-state index contributed by atoms with van der Waals surface area (Å²) in [5, 5.41) is 8.37. The van der Waals surface area contributed by atoms with E-state index in [9.17, 15) is 4.79 Å². The number of piperidine rings is 1. The molecule has 152 valence electrons. The van der Waals surface area contributed by atoms with Crippen molar-refractivity contribution in [3.8, 4) is 17.2 Å². The quantitative estimate of drug-likeness (QED) is 0.835. The summed E-state index contributed by atoms with van der Waals surface area (Å²) in [5.74, 6) is 1.64. The van der Waals surface area contributed by atoms with E-state index >= 15 is 0 Å². The van der Waals surface area contributed by atoms with Crippen molar-refractivity contribution in [2.45, 2.75) is 32.7 Å². The Bertz CT molecular complexity index is 854. The number of hydrogen-bond donors (Lipinski definition) is 1. The molecule has 9 heteroatoms. The van der Waals surface area contributed by atoms with E-state index in [2.05, 4.69) is 10.3 Å². The van der Waals surface area contributed by atoms with Crippen LogP contribution in [-0.4, -0.2) is 58.1 Å². The summed E-state index contributed by atoms with van der Waals surface area (Å²) in [6.45, 7) is 6.34. The van der Waals surface area contributed by atoms with E-state index in [-0.39, 0.29) is 24.4 Å². The lowest BCUT2D eigenvalue weighted by Gasteiger charge is -2.34. The predicted molar refractivity (Wildman–Crippen MR) is 107 cm³/mol. The Morgan fingerprint density at radius 1 is 1.29 bits per heavy atom. The Morgan fingerprint density at radius 2 is 2.04 bits per heavy atom. The summed E-state index contributed by atoms with van der Waals surface area (Å²) in [5.41, 5.74) is 7.92. The lowest BCUT2D eigenvalue weighted by Crippen LogP contribution is -2.45. The van der Waals surface area contributed by atoms with E-state index in [1.54, 1.807) is 4.68 Å². The van der Waals surface area contributed by atoms with E-state index in [4.69, 9.17) is 15.2 Å². The summed E-state index contributed by atoms with van der Waals surface area (Å²) in [6, 6.07) is 5.67. The molecule has 2 atom stereocenters. The summed E-state index contributed by atoms with van der Waals surface area (Å²) in [7, 11) is 0. The van der Waals surface area contributed by atoms with Gasteiger partial charge in [-0.2, -0.15) is 0 Å². The zero-order valence-electron chi connectivity index (χ0n) is 16.1. The second kappa shape index (κ2) is 8.36. The molecule has 0 saturated carbocycles. The third-order valence-electron chi connectivity index (χ3n) is 5.36. The Morgan fingerprint density at radius 3 is 2.79 bits per heavy atom. The molecule has 1 aromatic carbocycles. The van der Waals surface area contributed by atoms with Gasteiger partial charge in [-0.1, -0.05) is 5.21 Å². The maximum absolute atomic E-state index is 13.0. The summed E-state index contributed by atoms with van der Waals surface area (Å²) < 4.78 is 12.9. The largest absolute Gasteiger partial charge is 0.486 e. The molecule has 0 bridgehead atoms. The second-order valence-electron chi connectivity index (χ2n) is 7.28. The molecule has 2 aliphatic rings. The maximum atomic E-state index is 13.0. The van der Waals surface area contributed by atoms with Gasteiger partial charge < -0.3 is 20.1 Å². The minimum absolute atomic E-state index is 0. The highest BCUT2D eigenvalue weighted by Gasteiger charge is 2.29. The van der Waals surface area contributed by atoms with Crippen molar-refractivity contribution < 1.29 is 14.3 Å². The fraction of sp³-hybridized carbons (Fsp3) is 0.526. The lowest BCUT2D eigenvalue weighted by atomic mass is 9.92. The van der Waals surface area contributed by atoms with Gasteiger partial charge in [-0.25, -0.2) is 4.68 Å². The number of nitrogens with zero attached hydrogens (tertiary/aromatic N) is 4. The van der Waals surface area contributed by atoms with Crippen LogP contribution in [0.2, 0.25) is 0 Å². The monoisotopic (exact) mass is 407 g/mol. The minimum atomic E-state index is -0.0818. The molecule has 1 aromatic heterocycles. The zero-order valence-corrected chi connectivity index (χ0v) is 16.9. The number of rotatable bonds is 3. The molecule has 1 fully saturated rings. The molecule has 0 spiro atoms. The minimum Gasteiger partial charge on any atom is -0.486 e. The normalized spacial score (nSPS) is 19.7. The molecular weight excluding hydrogens is 382 g/mol. The van der Waals surface area contributed by atoms with Crippen LogP contribution in [0, 0.1) is 12.8 Å². The van der Waals surface area contributed by atoms with Crippen LogP contribution in [0.5, 0.6) is 11.5 Å². The fourth-order valence-corrected chi connectivity index (χ4v) is 3.71. The van der Waals surface area contributed by atoms with Gasteiger partial charge in [0.25, 0.3) is 5.91 Å². The number of carbonyl (C=O) groups excluding carboxylic acids is 1. The average molecular weight is 408 g/mol. The molecule has 3 heterocycles. The van der Waals surface area contributed by atoms with Gasteiger partial charge in [-0.05, 0) is 44.7 Å². The first-order chi connectivity index (χ1) is 13.0. The van der Waals surface area contributed by atoms with Crippen LogP contribution in [-0.2, 0) is 0 Å². The predicted octanol–water partition coefficient (Wildman–Crippen LogP) is 1.97. The average Bonchev–Trinajstić information content (AvgIpc) is 3.08. The van der Waals surface area contributed by atoms with E-state index < -0.39 is 0 Å². The van der Waals surface area contributed by atoms with Crippen LogP contribution in [0.1, 0.15) is 35.9 Å². The fourth-order valence-electron chi connectivity index (χ4n) is 3.71. The van der Waals surface area contributed by atoms with Crippen LogP contribution in [0.4, 0.5) is 0 Å². The highest BCUT2D eigenvalue weighted by Crippen LogP contribution is 2.32. The number of aromatic nitrogens is 3. The molecule has 1 saturated heterocycles. The van der Waals surface area contributed by atoms with E-state index in [0.717, 1.165) is 25.1 Å². The number of hydrogen-bond acceptors (Lipinski definition) is 6. The van der Waals surface area contributed by atoms with Gasteiger partial charge in [0.15, 0.2) is 17.2 Å². The number of benzene rings is 1. The molecule has 28 heavy (non-hydrogen) atoms. The van der Waals surface area contributed by atoms with Crippen molar-refractivity contribution in [2.24, 2.45) is 11.7 Å². The third-order valence-corrected chi connectivity index (χ3v) is 5.36. The van der Waals surface area contributed by atoms with Crippen LogP contribution < -0.4 is 15.2 Å². The van der Waals surface area contributed by atoms with Crippen molar-refractivity contribution in [3.05, 3.63) is 29.6 Å². The van der Waals surface area contributed by atoms with Crippen molar-refractivity contribution in [1.29, 1.82) is 0 Å². The van der Waals surface area contributed by atoms with E-state index in [0.29, 0.717) is 48.6 Å². The molecule has 8 nitrogen and oxygen atoms in total. The third kappa shape index (κ3) is 3.79. The highest BCUT2D eigenvalue weighted by atomic mass is 35.5. The van der Waals surface area contributed by atoms with Gasteiger partial charge in [-0.15, -0.1) is 17.5 Å². The summed E-state index contributed by atoms with van der Waals surface area (Å²) >= 11 is 0. The smallest absolute Gasteiger partial charge is 0.276 e. The number of fused-ring (bicyclic) bond motifs is 1. The summed E-state index contributed by atoms with van der Waals surface area (Å²) in [4.78, 5) is 14.8. The first-order valence-electron chi connectivity index (χ1n) is 9.42. The Labute approximate surface area is 170 Å². The molecule has 1 amide bonds. The standard InChI is InChI=1S/C19H25N5O3.ClH/c1-12(20)14-4-3-7-23(11-14)19(25)18-13(2)24(22-21-18)15-5-6-16-17(10-15)27-9-8-26-16;/h5-6,10,12,14H,3-4,7-9,11,20H2,1-2H3;1H.